The first-order chi connectivity index (χ1) is 8.85. The van der Waals surface area contributed by atoms with Crippen molar-refractivity contribution in [3.63, 3.8) is 0 Å². The molecule has 0 saturated carbocycles. The van der Waals surface area contributed by atoms with Crippen molar-refractivity contribution in [2.24, 2.45) is 5.92 Å². The molecule has 1 aliphatic heterocycles. The number of carboxylic acids is 1. The maximum Gasteiger partial charge on any atom is 0.441 e. The molecule has 1 heterocycles. The first-order valence-electron chi connectivity index (χ1n) is 6.10. The zero-order valence-corrected chi connectivity index (χ0v) is 11.5. The van der Waals surface area contributed by atoms with Crippen LogP contribution in [0.2, 0.25) is 0 Å². The molecule has 1 N–H and O–H groups in total. The van der Waals surface area contributed by atoms with Gasteiger partial charge in [-0.25, -0.2) is 0 Å². The molecule has 1 saturated heterocycles. The highest BCUT2D eigenvalue weighted by Crippen LogP contribution is 2.30. The maximum atomic E-state index is 12.1. The van der Waals surface area contributed by atoms with Crippen molar-refractivity contribution in [2.45, 2.75) is 24.9 Å². The number of hydrogen-bond donors (Lipinski definition) is 1. The molecule has 0 aromatic heterocycles. The number of hydrogen-bond acceptors (Lipinski definition) is 4. The molecule has 0 bridgehead atoms. The molecule has 0 aliphatic carbocycles. The van der Waals surface area contributed by atoms with Crippen LogP contribution in [0.25, 0.3) is 0 Å². The van der Waals surface area contributed by atoms with E-state index in [9.17, 15) is 18.0 Å². The van der Waals surface area contributed by atoms with Crippen LogP contribution in [0.5, 0.6) is 0 Å². The van der Waals surface area contributed by atoms with E-state index >= 15 is 0 Å². The van der Waals surface area contributed by atoms with E-state index in [1.807, 2.05) is 6.92 Å². The fourth-order valence-electron chi connectivity index (χ4n) is 2.15. The van der Waals surface area contributed by atoms with Crippen molar-refractivity contribution in [2.75, 3.05) is 32.1 Å². The summed E-state index contributed by atoms with van der Waals surface area (Å²) in [5.41, 5.74) is -4.24. The number of alkyl halides is 3. The van der Waals surface area contributed by atoms with E-state index in [-0.39, 0.29) is 43.3 Å². The third kappa shape index (κ3) is 5.58. The third-order valence-corrected chi connectivity index (χ3v) is 3.71. The van der Waals surface area contributed by atoms with Gasteiger partial charge in [-0.2, -0.15) is 13.2 Å². The molecule has 1 aliphatic rings. The van der Waals surface area contributed by atoms with Crippen molar-refractivity contribution < 1.29 is 27.8 Å². The van der Waals surface area contributed by atoms with Crippen LogP contribution in [0.15, 0.2) is 0 Å². The van der Waals surface area contributed by atoms with Crippen LogP contribution in [0.4, 0.5) is 13.2 Å². The molecule has 1 rings (SSSR count). The second-order valence-corrected chi connectivity index (χ2v) is 5.54. The Morgan fingerprint density at radius 3 is 2.63 bits per heavy atom. The van der Waals surface area contributed by atoms with Crippen LogP contribution in [0.3, 0.4) is 0 Å². The predicted octanol–water partition coefficient (Wildman–Crippen LogP) is 2.05. The molecule has 2 atom stereocenters. The lowest BCUT2D eigenvalue weighted by atomic mass is 10.0. The number of nitrogens with zero attached hydrogens (tertiary/aromatic N) is 1. The smallest absolute Gasteiger partial charge is 0.441 e. The van der Waals surface area contributed by atoms with Gasteiger partial charge in [0.25, 0.3) is 0 Å². The Morgan fingerprint density at radius 1 is 1.42 bits per heavy atom. The van der Waals surface area contributed by atoms with E-state index in [0.717, 1.165) is 6.42 Å². The summed E-state index contributed by atoms with van der Waals surface area (Å²) in [6.07, 6.45) is 0.763. The molecule has 0 amide bonds. The highest BCUT2D eigenvalue weighted by molar-refractivity contribution is 8.00. The third-order valence-electron chi connectivity index (χ3n) is 2.99. The number of carbonyl (C=O) groups is 1. The van der Waals surface area contributed by atoms with Crippen molar-refractivity contribution in [1.29, 1.82) is 0 Å². The largest absolute Gasteiger partial charge is 0.481 e. The standard InChI is InChI=1S/C11H18F3NO3S/c1-2-3-15(4-5-19-11(12,13)14)9-7-18-6-8(9)10(16)17/h8-9H,2-7H2,1H3,(H,16,17). The first-order valence-corrected chi connectivity index (χ1v) is 7.09. The number of rotatable bonds is 7. The van der Waals surface area contributed by atoms with Gasteiger partial charge in [-0.3, -0.25) is 9.69 Å². The molecule has 0 radical (unpaired) electrons. The van der Waals surface area contributed by atoms with E-state index in [0.29, 0.717) is 6.54 Å². The van der Waals surface area contributed by atoms with Gasteiger partial charge in [0.2, 0.25) is 0 Å². The molecule has 0 aromatic carbocycles. The summed E-state index contributed by atoms with van der Waals surface area (Å²) in [7, 11) is 0. The Morgan fingerprint density at radius 2 is 2.11 bits per heavy atom. The van der Waals surface area contributed by atoms with Crippen LogP contribution in [0, 0.1) is 5.92 Å². The normalized spacial score (nSPS) is 24.1. The molecular weight excluding hydrogens is 283 g/mol. The van der Waals surface area contributed by atoms with Gasteiger partial charge >= 0.3 is 11.5 Å². The van der Waals surface area contributed by atoms with Gasteiger partial charge in [0.15, 0.2) is 0 Å². The SMILES string of the molecule is CCCN(CCSC(F)(F)F)C1COCC1C(=O)O. The summed E-state index contributed by atoms with van der Waals surface area (Å²) < 4.78 is 41.5. The lowest BCUT2D eigenvalue weighted by Crippen LogP contribution is -2.44. The topological polar surface area (TPSA) is 49.8 Å². The molecule has 0 spiro atoms. The summed E-state index contributed by atoms with van der Waals surface area (Å²) >= 11 is -0.0737. The Kier molecular flexibility index (Phi) is 6.41. The minimum absolute atomic E-state index is 0.0737. The lowest BCUT2D eigenvalue weighted by molar-refractivity contribution is -0.143. The maximum absolute atomic E-state index is 12.1. The number of carboxylic acid groups (broad SMARTS) is 1. The number of aliphatic carboxylic acids is 1. The Labute approximate surface area is 114 Å². The molecule has 8 heteroatoms. The molecule has 4 nitrogen and oxygen atoms in total. The van der Waals surface area contributed by atoms with Crippen LogP contribution >= 0.6 is 11.8 Å². The molecule has 2 unspecified atom stereocenters. The van der Waals surface area contributed by atoms with Gasteiger partial charge in [-0.1, -0.05) is 6.92 Å². The minimum atomic E-state index is -4.24. The molecule has 112 valence electrons. The van der Waals surface area contributed by atoms with Crippen molar-refractivity contribution in [3.05, 3.63) is 0 Å². The zero-order chi connectivity index (χ0) is 14.5. The quantitative estimate of drug-likeness (QED) is 0.780. The van der Waals surface area contributed by atoms with E-state index in [2.05, 4.69) is 0 Å². The molecular formula is C11H18F3NO3S. The van der Waals surface area contributed by atoms with Gasteiger partial charge in [0.1, 0.15) is 0 Å². The summed E-state index contributed by atoms with van der Waals surface area (Å²) in [5, 5.41) is 9.06. The second-order valence-electron chi connectivity index (χ2n) is 4.38. The first kappa shape index (κ1) is 16.6. The average Bonchev–Trinajstić information content (AvgIpc) is 2.75. The molecule has 1 fully saturated rings. The summed E-state index contributed by atoms with van der Waals surface area (Å²) in [4.78, 5) is 12.9. The van der Waals surface area contributed by atoms with Crippen LogP contribution < -0.4 is 0 Å². The summed E-state index contributed by atoms with van der Waals surface area (Å²) in [5.74, 6) is -1.69. The highest BCUT2D eigenvalue weighted by Gasteiger charge is 2.38. The number of ether oxygens (including phenoxy) is 1. The van der Waals surface area contributed by atoms with Crippen molar-refractivity contribution in [1.82, 2.24) is 4.90 Å². The molecule has 19 heavy (non-hydrogen) atoms. The van der Waals surface area contributed by atoms with Gasteiger partial charge in [-0.15, -0.1) is 0 Å². The average molecular weight is 301 g/mol. The van der Waals surface area contributed by atoms with Gasteiger partial charge in [0.05, 0.1) is 19.1 Å². The monoisotopic (exact) mass is 301 g/mol. The minimum Gasteiger partial charge on any atom is -0.481 e. The van der Waals surface area contributed by atoms with Crippen LogP contribution in [-0.2, 0) is 9.53 Å². The van der Waals surface area contributed by atoms with E-state index < -0.39 is 17.4 Å². The fraction of sp³-hybridized carbons (Fsp3) is 0.909. The predicted molar refractivity (Wildman–Crippen MR) is 66.1 cm³/mol. The van der Waals surface area contributed by atoms with Crippen LogP contribution in [0.1, 0.15) is 13.3 Å². The highest BCUT2D eigenvalue weighted by atomic mass is 32.2. The fourth-order valence-corrected chi connectivity index (χ4v) is 2.71. The van der Waals surface area contributed by atoms with E-state index in [1.165, 1.54) is 0 Å². The molecule has 0 aromatic rings. The van der Waals surface area contributed by atoms with Gasteiger partial charge < -0.3 is 9.84 Å². The summed E-state index contributed by atoms with van der Waals surface area (Å²) in [6, 6.07) is -0.328. The van der Waals surface area contributed by atoms with Crippen molar-refractivity contribution >= 4 is 17.7 Å². The number of halogens is 3. The van der Waals surface area contributed by atoms with Crippen molar-refractivity contribution in [3.8, 4) is 0 Å². The Bertz CT molecular complexity index is 301. The lowest BCUT2D eigenvalue weighted by Gasteiger charge is -2.29. The Hall–Kier alpha value is -0.470. The second kappa shape index (κ2) is 7.35. The Balaban J connectivity index is 2.53. The van der Waals surface area contributed by atoms with E-state index in [1.54, 1.807) is 4.90 Å². The zero-order valence-electron chi connectivity index (χ0n) is 10.7. The van der Waals surface area contributed by atoms with Gasteiger partial charge in [-0.05, 0) is 24.7 Å². The van der Waals surface area contributed by atoms with Gasteiger partial charge in [0, 0.05) is 18.3 Å². The summed E-state index contributed by atoms with van der Waals surface area (Å²) in [6.45, 7) is 3.11. The van der Waals surface area contributed by atoms with Crippen LogP contribution in [-0.4, -0.2) is 59.6 Å². The van der Waals surface area contributed by atoms with E-state index in [4.69, 9.17) is 9.84 Å². The number of thioether (sulfide) groups is 1.